The molecule has 1 N–H and O–H groups in total. The molecule has 3 heterocycles. The molecule has 116 valence electrons. The van der Waals surface area contributed by atoms with Crippen molar-refractivity contribution in [1.82, 2.24) is 9.88 Å². The minimum atomic E-state index is -0.0809. The van der Waals surface area contributed by atoms with Gasteiger partial charge in [-0.25, -0.2) is 4.79 Å². The van der Waals surface area contributed by atoms with E-state index in [-0.39, 0.29) is 12.1 Å². The number of aryl methyl sites for hydroxylation is 1. The van der Waals surface area contributed by atoms with Crippen LogP contribution in [0, 0.1) is 12.8 Å². The number of hydrogen-bond acceptors (Lipinski definition) is 3. The Labute approximate surface area is 130 Å². The van der Waals surface area contributed by atoms with E-state index < -0.39 is 0 Å². The van der Waals surface area contributed by atoms with Gasteiger partial charge >= 0.3 is 6.03 Å². The predicted octanol–water partition coefficient (Wildman–Crippen LogP) is 3.99. The van der Waals surface area contributed by atoms with Crippen molar-refractivity contribution < 1.29 is 9.21 Å². The lowest BCUT2D eigenvalue weighted by atomic mass is 9.91. The van der Waals surface area contributed by atoms with Crippen LogP contribution >= 0.6 is 0 Å². The van der Waals surface area contributed by atoms with Gasteiger partial charge in [-0.05, 0) is 49.4 Å². The van der Waals surface area contributed by atoms with Crippen molar-refractivity contribution in [3.63, 3.8) is 0 Å². The van der Waals surface area contributed by atoms with E-state index in [4.69, 9.17) is 4.42 Å². The van der Waals surface area contributed by atoms with Crippen LogP contribution < -0.4 is 5.32 Å². The van der Waals surface area contributed by atoms with E-state index in [1.165, 1.54) is 0 Å². The molecule has 3 rings (SSSR count). The summed E-state index contributed by atoms with van der Waals surface area (Å²) in [7, 11) is 0. The number of nitrogens with zero attached hydrogens (tertiary/aromatic N) is 2. The maximum absolute atomic E-state index is 12.7. The summed E-state index contributed by atoms with van der Waals surface area (Å²) in [6.07, 6.45) is 7.04. The molecular formula is C17H21N3O2. The van der Waals surface area contributed by atoms with Crippen LogP contribution in [0.3, 0.4) is 0 Å². The number of likely N-dealkylation sites (tertiary alicyclic amines) is 1. The zero-order valence-corrected chi connectivity index (χ0v) is 13.0. The van der Waals surface area contributed by atoms with Gasteiger partial charge in [0.05, 0.1) is 12.3 Å². The first-order valence-electron chi connectivity index (χ1n) is 7.67. The second-order valence-corrected chi connectivity index (χ2v) is 5.97. The quantitative estimate of drug-likeness (QED) is 0.912. The van der Waals surface area contributed by atoms with Gasteiger partial charge in [0.1, 0.15) is 5.76 Å². The van der Waals surface area contributed by atoms with Crippen LogP contribution in [0.5, 0.6) is 0 Å². The molecule has 0 aromatic carbocycles. The highest BCUT2D eigenvalue weighted by atomic mass is 16.3. The number of aromatic nitrogens is 1. The summed E-state index contributed by atoms with van der Waals surface area (Å²) in [5.74, 6) is 1.44. The molecule has 1 saturated heterocycles. The standard InChI is InChI=1S/C17H21N3O2/c1-12-6-8-20(15(10-12)16-4-3-9-22-16)17(21)19-14-5-7-18-11-13(14)2/h3-5,7,9,11-12,15H,6,8,10H2,1-2H3,(H,18,19,21)/t12-,15-/m1/s1. The summed E-state index contributed by atoms with van der Waals surface area (Å²) in [4.78, 5) is 18.6. The van der Waals surface area contributed by atoms with Gasteiger partial charge in [0.2, 0.25) is 0 Å². The molecule has 2 atom stereocenters. The van der Waals surface area contributed by atoms with E-state index in [9.17, 15) is 4.79 Å². The second kappa shape index (κ2) is 6.22. The number of furan rings is 1. The Hall–Kier alpha value is -2.30. The van der Waals surface area contributed by atoms with E-state index in [0.717, 1.165) is 36.4 Å². The average Bonchev–Trinajstić information content (AvgIpc) is 3.03. The lowest BCUT2D eigenvalue weighted by molar-refractivity contribution is 0.129. The molecular weight excluding hydrogens is 278 g/mol. The van der Waals surface area contributed by atoms with E-state index >= 15 is 0 Å². The number of carbonyl (C=O) groups excluding carboxylic acids is 1. The highest BCUT2D eigenvalue weighted by Crippen LogP contribution is 2.34. The smallest absolute Gasteiger partial charge is 0.322 e. The lowest BCUT2D eigenvalue weighted by Gasteiger charge is -2.37. The maximum atomic E-state index is 12.7. The third-order valence-electron chi connectivity index (χ3n) is 4.26. The molecule has 1 aliphatic rings. The van der Waals surface area contributed by atoms with Crippen LogP contribution in [0.15, 0.2) is 41.3 Å². The summed E-state index contributed by atoms with van der Waals surface area (Å²) in [6.45, 7) is 4.89. The molecule has 5 heteroatoms. The van der Waals surface area contributed by atoms with Crippen LogP contribution in [-0.2, 0) is 0 Å². The second-order valence-electron chi connectivity index (χ2n) is 5.97. The van der Waals surface area contributed by atoms with E-state index in [2.05, 4.69) is 17.2 Å². The number of urea groups is 1. The van der Waals surface area contributed by atoms with Gasteiger partial charge in [0, 0.05) is 24.6 Å². The minimum Gasteiger partial charge on any atom is -0.467 e. The first kappa shape index (κ1) is 14.6. The fourth-order valence-electron chi connectivity index (χ4n) is 2.94. The topological polar surface area (TPSA) is 58.4 Å². The van der Waals surface area contributed by atoms with Gasteiger partial charge in [-0.2, -0.15) is 0 Å². The maximum Gasteiger partial charge on any atom is 0.322 e. The molecule has 0 unspecified atom stereocenters. The first-order chi connectivity index (χ1) is 10.6. The third kappa shape index (κ3) is 2.98. The molecule has 0 spiro atoms. The summed E-state index contributed by atoms with van der Waals surface area (Å²) in [6, 6.07) is 5.56. The number of pyridine rings is 1. The summed E-state index contributed by atoms with van der Waals surface area (Å²) in [5.41, 5.74) is 1.76. The van der Waals surface area contributed by atoms with Crippen LogP contribution in [0.25, 0.3) is 0 Å². The van der Waals surface area contributed by atoms with Gasteiger partial charge in [-0.3, -0.25) is 4.98 Å². The van der Waals surface area contributed by atoms with Gasteiger partial charge in [-0.15, -0.1) is 0 Å². The summed E-state index contributed by atoms with van der Waals surface area (Å²) in [5, 5.41) is 2.99. The minimum absolute atomic E-state index is 0.000827. The summed E-state index contributed by atoms with van der Waals surface area (Å²) < 4.78 is 5.54. The number of amides is 2. The molecule has 2 aromatic heterocycles. The number of carbonyl (C=O) groups is 1. The van der Waals surface area contributed by atoms with E-state index in [0.29, 0.717) is 5.92 Å². The Kier molecular flexibility index (Phi) is 4.13. The Morgan fingerprint density at radius 3 is 3.05 bits per heavy atom. The molecule has 2 aromatic rings. The first-order valence-corrected chi connectivity index (χ1v) is 7.67. The van der Waals surface area contributed by atoms with Crippen molar-refractivity contribution >= 4 is 11.7 Å². The van der Waals surface area contributed by atoms with E-state index in [1.54, 1.807) is 18.7 Å². The molecule has 0 bridgehead atoms. The van der Waals surface area contributed by atoms with Crippen LogP contribution in [0.1, 0.15) is 37.1 Å². The van der Waals surface area contributed by atoms with Crippen molar-refractivity contribution in [2.75, 3.05) is 11.9 Å². The fraction of sp³-hybridized carbons (Fsp3) is 0.412. The molecule has 1 aliphatic heterocycles. The third-order valence-corrected chi connectivity index (χ3v) is 4.26. The number of anilines is 1. The largest absolute Gasteiger partial charge is 0.467 e. The Bertz CT molecular complexity index is 639. The Morgan fingerprint density at radius 1 is 1.45 bits per heavy atom. The number of nitrogens with one attached hydrogen (secondary N) is 1. The zero-order valence-electron chi connectivity index (χ0n) is 13.0. The molecule has 22 heavy (non-hydrogen) atoms. The van der Waals surface area contributed by atoms with Gasteiger partial charge < -0.3 is 14.6 Å². The highest BCUT2D eigenvalue weighted by Gasteiger charge is 2.32. The van der Waals surface area contributed by atoms with Crippen LogP contribution in [0.2, 0.25) is 0 Å². The number of piperidine rings is 1. The van der Waals surface area contributed by atoms with Gasteiger partial charge in [0.25, 0.3) is 0 Å². The van der Waals surface area contributed by atoms with E-state index in [1.807, 2.05) is 30.0 Å². The van der Waals surface area contributed by atoms with Crippen molar-refractivity contribution in [3.05, 3.63) is 48.2 Å². The number of rotatable bonds is 2. The normalized spacial score (nSPS) is 21.6. The van der Waals surface area contributed by atoms with Crippen molar-refractivity contribution in [2.45, 2.75) is 32.7 Å². The molecule has 1 fully saturated rings. The molecule has 0 saturated carbocycles. The van der Waals surface area contributed by atoms with Crippen molar-refractivity contribution in [2.24, 2.45) is 5.92 Å². The van der Waals surface area contributed by atoms with Gasteiger partial charge in [0.15, 0.2) is 0 Å². The SMILES string of the molecule is Cc1cnccc1NC(=O)N1CC[C@@H](C)C[C@@H]1c1ccco1. The van der Waals surface area contributed by atoms with Crippen LogP contribution in [0.4, 0.5) is 10.5 Å². The Morgan fingerprint density at radius 2 is 2.32 bits per heavy atom. The monoisotopic (exact) mass is 299 g/mol. The van der Waals surface area contributed by atoms with Gasteiger partial charge in [-0.1, -0.05) is 6.92 Å². The van der Waals surface area contributed by atoms with Crippen molar-refractivity contribution in [3.8, 4) is 0 Å². The molecule has 0 aliphatic carbocycles. The fourth-order valence-corrected chi connectivity index (χ4v) is 2.94. The summed E-state index contributed by atoms with van der Waals surface area (Å²) >= 11 is 0. The number of hydrogen-bond donors (Lipinski definition) is 1. The molecule has 2 amide bonds. The zero-order chi connectivity index (χ0) is 15.5. The Balaban J connectivity index is 1.79. The highest BCUT2D eigenvalue weighted by molar-refractivity contribution is 5.90. The lowest BCUT2D eigenvalue weighted by Crippen LogP contribution is -2.42. The molecule has 5 nitrogen and oxygen atoms in total. The van der Waals surface area contributed by atoms with Crippen LogP contribution in [-0.4, -0.2) is 22.5 Å². The molecule has 0 radical (unpaired) electrons. The van der Waals surface area contributed by atoms with Crippen molar-refractivity contribution in [1.29, 1.82) is 0 Å². The average molecular weight is 299 g/mol. The predicted molar refractivity (Wildman–Crippen MR) is 84.5 cm³/mol.